The van der Waals surface area contributed by atoms with Crippen LogP contribution >= 0.6 is 0 Å². The van der Waals surface area contributed by atoms with Crippen molar-refractivity contribution >= 4 is 0 Å². The molecule has 0 saturated carbocycles. The normalized spacial score (nSPS) is 7.62. The van der Waals surface area contributed by atoms with Crippen molar-refractivity contribution in [3.8, 4) is 11.1 Å². The molecule has 0 bridgehead atoms. The number of rotatable bonds is 1. The maximum Gasteiger partial charge on any atom is -0.0184 e. The monoisotopic (exact) mass is 218 g/mol. The lowest BCUT2D eigenvalue weighted by atomic mass is 10.1. The number of hydrogen-bond donors (Lipinski definition) is 2. The fraction of sp³-hybridized carbons (Fsp3) is 0.143. The number of benzene rings is 2. The van der Waals surface area contributed by atoms with E-state index in [1.807, 2.05) is 26.0 Å². The van der Waals surface area contributed by atoms with E-state index in [0.29, 0.717) is 0 Å². The van der Waals surface area contributed by atoms with E-state index in [0.717, 1.165) is 0 Å². The second kappa shape index (κ2) is 9.90. The van der Waals surface area contributed by atoms with Gasteiger partial charge in [-0.2, -0.15) is 0 Å². The molecule has 0 heterocycles. The Morgan fingerprint density at radius 2 is 0.750 bits per heavy atom. The van der Waals surface area contributed by atoms with Crippen molar-refractivity contribution < 1.29 is 0 Å². The van der Waals surface area contributed by atoms with Gasteiger partial charge in [-0.15, -0.1) is 0 Å². The SMILES string of the molecule is CC.N.N.c1ccc(-c2ccccc2)cc1. The first-order valence-electron chi connectivity index (χ1n) is 5.07. The Kier molecular flexibility index (Phi) is 10.4. The summed E-state index contributed by atoms with van der Waals surface area (Å²) >= 11 is 0. The lowest BCUT2D eigenvalue weighted by Crippen LogP contribution is -1.73. The lowest BCUT2D eigenvalue weighted by Gasteiger charge is -1.98. The molecule has 88 valence electrons. The van der Waals surface area contributed by atoms with E-state index in [-0.39, 0.29) is 12.3 Å². The van der Waals surface area contributed by atoms with Gasteiger partial charge in [-0.3, -0.25) is 0 Å². The molecule has 0 aromatic heterocycles. The van der Waals surface area contributed by atoms with Crippen molar-refractivity contribution in [3.05, 3.63) is 60.7 Å². The average Bonchev–Trinajstić information content (AvgIpc) is 2.34. The molecule has 16 heavy (non-hydrogen) atoms. The zero-order valence-electron chi connectivity index (χ0n) is 10.2. The van der Waals surface area contributed by atoms with E-state index in [1.54, 1.807) is 0 Å². The summed E-state index contributed by atoms with van der Waals surface area (Å²) in [6, 6.07) is 20.8. The molecule has 0 fully saturated rings. The highest BCUT2D eigenvalue weighted by Gasteiger charge is 1.91. The molecule has 0 atom stereocenters. The Morgan fingerprint density at radius 1 is 0.500 bits per heavy atom. The summed E-state index contributed by atoms with van der Waals surface area (Å²) in [5, 5.41) is 0. The first-order chi connectivity index (χ1) is 6.97. The highest BCUT2D eigenvalue weighted by Crippen LogP contribution is 2.17. The highest BCUT2D eigenvalue weighted by atomic mass is 14.0. The smallest absolute Gasteiger partial charge is 0.0184 e. The molecule has 2 nitrogen and oxygen atoms in total. The third-order valence-electron chi connectivity index (χ3n) is 1.88. The lowest BCUT2D eigenvalue weighted by molar-refractivity contribution is 1.50. The fourth-order valence-corrected chi connectivity index (χ4v) is 1.26. The standard InChI is InChI=1S/C12H10.C2H6.2H3N/c1-3-7-11(8-4-1)12-9-5-2-6-10-12;1-2;;/h1-10H;1-2H3;2*1H3. The van der Waals surface area contributed by atoms with Crippen molar-refractivity contribution in [1.29, 1.82) is 0 Å². The van der Waals surface area contributed by atoms with Crippen LogP contribution in [0.4, 0.5) is 0 Å². The minimum Gasteiger partial charge on any atom is -0.344 e. The van der Waals surface area contributed by atoms with Gasteiger partial charge in [0.15, 0.2) is 0 Å². The molecular weight excluding hydrogens is 196 g/mol. The van der Waals surface area contributed by atoms with Crippen molar-refractivity contribution in [3.63, 3.8) is 0 Å². The molecule has 0 spiro atoms. The van der Waals surface area contributed by atoms with Gasteiger partial charge in [0.2, 0.25) is 0 Å². The van der Waals surface area contributed by atoms with Gasteiger partial charge in [-0.1, -0.05) is 74.5 Å². The molecule has 6 N–H and O–H groups in total. The molecule has 2 aromatic carbocycles. The molecule has 0 aliphatic carbocycles. The van der Waals surface area contributed by atoms with Crippen molar-refractivity contribution in [2.24, 2.45) is 0 Å². The second-order valence-corrected chi connectivity index (χ2v) is 2.73. The number of hydrogen-bond acceptors (Lipinski definition) is 2. The summed E-state index contributed by atoms with van der Waals surface area (Å²) in [6.45, 7) is 4.00. The van der Waals surface area contributed by atoms with Crippen LogP contribution in [0.2, 0.25) is 0 Å². The second-order valence-electron chi connectivity index (χ2n) is 2.73. The molecule has 0 amide bonds. The van der Waals surface area contributed by atoms with Crippen molar-refractivity contribution in [2.75, 3.05) is 0 Å². The van der Waals surface area contributed by atoms with E-state index < -0.39 is 0 Å². The Bertz CT molecular complexity index is 306. The average molecular weight is 218 g/mol. The molecular formula is C14H22N2. The Hall–Kier alpha value is -1.64. The Balaban J connectivity index is 0. The van der Waals surface area contributed by atoms with E-state index in [9.17, 15) is 0 Å². The van der Waals surface area contributed by atoms with Crippen LogP contribution in [0.15, 0.2) is 60.7 Å². The van der Waals surface area contributed by atoms with Crippen LogP contribution in [0, 0.1) is 0 Å². The van der Waals surface area contributed by atoms with Gasteiger partial charge in [0.25, 0.3) is 0 Å². The Labute approximate surface area is 98.5 Å². The summed E-state index contributed by atoms with van der Waals surface area (Å²) in [6.07, 6.45) is 0. The zero-order valence-corrected chi connectivity index (χ0v) is 10.2. The van der Waals surface area contributed by atoms with Gasteiger partial charge in [-0.05, 0) is 11.1 Å². The maximum absolute atomic E-state index is 2.12. The van der Waals surface area contributed by atoms with E-state index in [1.165, 1.54) is 11.1 Å². The topological polar surface area (TPSA) is 70.0 Å². The molecule has 2 aromatic rings. The van der Waals surface area contributed by atoms with E-state index in [2.05, 4.69) is 48.5 Å². The molecule has 0 saturated heterocycles. The largest absolute Gasteiger partial charge is 0.344 e. The summed E-state index contributed by atoms with van der Waals surface area (Å²) in [5.41, 5.74) is 2.55. The molecule has 0 radical (unpaired) electrons. The zero-order chi connectivity index (χ0) is 10.2. The van der Waals surface area contributed by atoms with Crippen molar-refractivity contribution in [2.45, 2.75) is 13.8 Å². The highest BCUT2D eigenvalue weighted by molar-refractivity contribution is 5.62. The summed E-state index contributed by atoms with van der Waals surface area (Å²) in [7, 11) is 0. The third-order valence-corrected chi connectivity index (χ3v) is 1.88. The van der Waals surface area contributed by atoms with Crippen LogP contribution in [0.25, 0.3) is 11.1 Å². The third kappa shape index (κ3) is 4.73. The van der Waals surface area contributed by atoms with Crippen LogP contribution in [-0.4, -0.2) is 0 Å². The van der Waals surface area contributed by atoms with Crippen molar-refractivity contribution in [1.82, 2.24) is 12.3 Å². The van der Waals surface area contributed by atoms with Gasteiger partial charge >= 0.3 is 0 Å². The molecule has 0 aliphatic rings. The van der Waals surface area contributed by atoms with Crippen LogP contribution in [0.3, 0.4) is 0 Å². The summed E-state index contributed by atoms with van der Waals surface area (Å²) in [5.74, 6) is 0. The van der Waals surface area contributed by atoms with Gasteiger partial charge < -0.3 is 12.3 Å². The fourth-order valence-electron chi connectivity index (χ4n) is 1.26. The van der Waals surface area contributed by atoms with E-state index in [4.69, 9.17) is 0 Å². The predicted octanol–water partition coefficient (Wildman–Crippen LogP) is 4.70. The Morgan fingerprint density at radius 3 is 1.00 bits per heavy atom. The predicted molar refractivity (Wildman–Crippen MR) is 73.3 cm³/mol. The van der Waals surface area contributed by atoms with Crippen LogP contribution in [-0.2, 0) is 0 Å². The molecule has 0 aliphatic heterocycles. The van der Waals surface area contributed by atoms with Crippen LogP contribution in [0.5, 0.6) is 0 Å². The first kappa shape index (κ1) is 16.8. The van der Waals surface area contributed by atoms with E-state index >= 15 is 0 Å². The minimum absolute atomic E-state index is 0. The summed E-state index contributed by atoms with van der Waals surface area (Å²) in [4.78, 5) is 0. The van der Waals surface area contributed by atoms with Gasteiger partial charge in [-0.25, -0.2) is 0 Å². The van der Waals surface area contributed by atoms with Gasteiger partial charge in [0.1, 0.15) is 0 Å². The molecule has 2 heteroatoms. The van der Waals surface area contributed by atoms with Gasteiger partial charge in [0, 0.05) is 0 Å². The minimum atomic E-state index is 0. The summed E-state index contributed by atoms with van der Waals surface area (Å²) < 4.78 is 0. The van der Waals surface area contributed by atoms with Gasteiger partial charge in [0.05, 0.1) is 0 Å². The molecule has 0 unspecified atom stereocenters. The molecule has 2 rings (SSSR count). The van der Waals surface area contributed by atoms with Crippen LogP contribution < -0.4 is 12.3 Å². The first-order valence-corrected chi connectivity index (χ1v) is 5.07. The quantitative estimate of drug-likeness (QED) is 0.728. The maximum atomic E-state index is 2.12. The van der Waals surface area contributed by atoms with Crippen LogP contribution in [0.1, 0.15) is 13.8 Å².